The highest BCUT2D eigenvalue weighted by Gasteiger charge is 2.34. The van der Waals surface area contributed by atoms with Crippen molar-refractivity contribution in [3.05, 3.63) is 48.4 Å². The maximum atomic E-state index is 13.9. The number of fused-ring (bicyclic) bond motifs is 1. The van der Waals surface area contributed by atoms with E-state index in [1.165, 1.54) is 24.0 Å². The van der Waals surface area contributed by atoms with Crippen molar-refractivity contribution in [2.75, 3.05) is 12.1 Å². The van der Waals surface area contributed by atoms with Crippen molar-refractivity contribution in [3.8, 4) is 5.75 Å². The van der Waals surface area contributed by atoms with Crippen molar-refractivity contribution in [1.29, 1.82) is 0 Å². The summed E-state index contributed by atoms with van der Waals surface area (Å²) in [7, 11) is -4.01. The number of esters is 1. The summed E-state index contributed by atoms with van der Waals surface area (Å²) >= 11 is 0. The van der Waals surface area contributed by atoms with Crippen LogP contribution >= 0.6 is 7.52 Å². The van der Waals surface area contributed by atoms with E-state index < -0.39 is 44.5 Å². The number of hydrogen-bond donors (Lipinski definition) is 2. The second-order valence-electron chi connectivity index (χ2n) is 7.92. The van der Waals surface area contributed by atoms with E-state index in [4.69, 9.17) is 19.7 Å². The van der Waals surface area contributed by atoms with Crippen LogP contribution in [0.1, 0.15) is 26.3 Å². The molecule has 14 heteroatoms. The largest absolute Gasteiger partial charge is 0.462 e. The van der Waals surface area contributed by atoms with E-state index in [0.717, 1.165) is 0 Å². The molecule has 0 aliphatic carbocycles. The van der Waals surface area contributed by atoms with Gasteiger partial charge in [-0.05, 0) is 32.9 Å². The molecule has 0 radical (unpaired) electrons. The van der Waals surface area contributed by atoms with Crippen molar-refractivity contribution >= 4 is 25.1 Å². The van der Waals surface area contributed by atoms with Gasteiger partial charge in [-0.25, -0.2) is 23.8 Å². The van der Waals surface area contributed by atoms with Crippen LogP contribution in [0.15, 0.2) is 42.9 Å². The Morgan fingerprint density at radius 3 is 2.57 bits per heavy atom. The molecule has 0 saturated heterocycles. The third-order valence-electron chi connectivity index (χ3n) is 4.66. The molecule has 3 N–H and O–H groups in total. The number of hydrogen-bond acceptors (Lipinski definition) is 9. The number of ether oxygens (including phenoxy) is 2. The van der Waals surface area contributed by atoms with Gasteiger partial charge in [0.2, 0.25) is 5.95 Å². The lowest BCUT2D eigenvalue weighted by Crippen LogP contribution is -2.37. The number of nitrogens with zero attached hydrogens (tertiary/aromatic N) is 4. The summed E-state index contributed by atoms with van der Waals surface area (Å²) in [5.74, 6) is -0.423. The lowest BCUT2D eigenvalue weighted by Gasteiger charge is -2.26. The molecular weight excluding hydrogens is 485 g/mol. The molecule has 2 aromatic heterocycles. The van der Waals surface area contributed by atoms with Crippen LogP contribution in [0.3, 0.4) is 0 Å². The number of carbonyl (C=O) groups excluding carboxylic acids is 1. The van der Waals surface area contributed by atoms with Crippen LogP contribution < -0.4 is 15.3 Å². The SMILES string of the molecule is CC(C)OC(=O)[C@H](C)NP(=O)(CO[C@H](Cc1cnn2c(N)ncnc12)C(F)F)Oc1ccccc1. The number of alkyl halides is 2. The molecule has 190 valence electrons. The Morgan fingerprint density at radius 1 is 1.20 bits per heavy atom. The summed E-state index contributed by atoms with van der Waals surface area (Å²) in [6.07, 6.45) is -3.52. The van der Waals surface area contributed by atoms with Crippen LogP contribution in [0.5, 0.6) is 5.75 Å². The van der Waals surface area contributed by atoms with Gasteiger partial charge >= 0.3 is 13.5 Å². The zero-order chi connectivity index (χ0) is 25.6. The summed E-state index contributed by atoms with van der Waals surface area (Å²) in [4.78, 5) is 20.1. The van der Waals surface area contributed by atoms with Crippen molar-refractivity contribution in [1.82, 2.24) is 24.7 Å². The first-order valence-electron chi connectivity index (χ1n) is 10.7. The predicted molar refractivity (Wildman–Crippen MR) is 123 cm³/mol. The summed E-state index contributed by atoms with van der Waals surface area (Å²) in [5, 5.41) is 6.57. The molecule has 1 aromatic carbocycles. The number of nitrogens with two attached hydrogens (primary N) is 1. The number of aromatic nitrogens is 4. The van der Waals surface area contributed by atoms with Gasteiger partial charge in [0, 0.05) is 12.0 Å². The Labute approximate surface area is 200 Å². The molecule has 1 unspecified atom stereocenters. The zero-order valence-corrected chi connectivity index (χ0v) is 20.3. The van der Waals surface area contributed by atoms with Crippen LogP contribution in [0.4, 0.5) is 14.7 Å². The minimum atomic E-state index is -4.01. The van der Waals surface area contributed by atoms with E-state index >= 15 is 0 Å². The van der Waals surface area contributed by atoms with Gasteiger partial charge in [-0.15, -0.1) is 0 Å². The third kappa shape index (κ3) is 7.17. The Balaban J connectivity index is 1.78. The first-order chi connectivity index (χ1) is 16.6. The smallest absolute Gasteiger partial charge is 0.342 e. The highest BCUT2D eigenvalue weighted by Crippen LogP contribution is 2.44. The van der Waals surface area contributed by atoms with E-state index in [1.54, 1.807) is 44.2 Å². The van der Waals surface area contributed by atoms with Crippen molar-refractivity contribution in [3.63, 3.8) is 0 Å². The molecule has 3 rings (SSSR count). The number of rotatable bonds is 12. The minimum Gasteiger partial charge on any atom is -0.462 e. The average molecular weight is 512 g/mol. The molecule has 3 aromatic rings. The monoisotopic (exact) mass is 512 g/mol. The zero-order valence-electron chi connectivity index (χ0n) is 19.4. The summed E-state index contributed by atoms with van der Waals surface area (Å²) in [5.41, 5.74) is 6.31. The molecule has 35 heavy (non-hydrogen) atoms. The van der Waals surface area contributed by atoms with Crippen molar-refractivity contribution in [2.45, 2.75) is 51.9 Å². The number of benzene rings is 1. The Hall–Kier alpha value is -3.15. The van der Waals surface area contributed by atoms with Crippen molar-refractivity contribution < 1.29 is 32.1 Å². The molecule has 0 bridgehead atoms. The Kier molecular flexibility index (Phi) is 8.71. The van der Waals surface area contributed by atoms with E-state index in [1.807, 2.05) is 0 Å². The Bertz CT molecular complexity index is 1180. The number of halogens is 2. The van der Waals surface area contributed by atoms with E-state index in [0.29, 0.717) is 5.56 Å². The van der Waals surface area contributed by atoms with Gasteiger partial charge in [0.25, 0.3) is 6.43 Å². The molecular formula is C21H27F2N6O5P. The fourth-order valence-corrected chi connectivity index (χ4v) is 4.80. The fraction of sp³-hybridized carbons (Fsp3) is 0.429. The van der Waals surface area contributed by atoms with Crippen LogP contribution in [0, 0.1) is 0 Å². The first-order valence-corrected chi connectivity index (χ1v) is 12.5. The highest BCUT2D eigenvalue weighted by molar-refractivity contribution is 7.57. The van der Waals surface area contributed by atoms with Crippen LogP contribution in [0.25, 0.3) is 5.65 Å². The molecule has 0 aliphatic rings. The van der Waals surface area contributed by atoms with Gasteiger partial charge in [-0.1, -0.05) is 18.2 Å². The molecule has 0 amide bonds. The number of para-hydroxylation sites is 1. The lowest BCUT2D eigenvalue weighted by atomic mass is 10.1. The predicted octanol–water partition coefficient (Wildman–Crippen LogP) is 3.06. The molecule has 2 heterocycles. The average Bonchev–Trinajstić information content (AvgIpc) is 3.20. The van der Waals surface area contributed by atoms with Gasteiger partial charge < -0.3 is 19.7 Å². The topological polar surface area (TPSA) is 143 Å². The van der Waals surface area contributed by atoms with Crippen LogP contribution in [-0.4, -0.2) is 56.6 Å². The fourth-order valence-electron chi connectivity index (χ4n) is 3.08. The van der Waals surface area contributed by atoms with Crippen LogP contribution in [0.2, 0.25) is 0 Å². The summed E-state index contributed by atoms with van der Waals surface area (Å²) < 4.78 is 58.7. The number of nitrogen functional groups attached to an aromatic ring is 1. The molecule has 0 spiro atoms. The van der Waals surface area contributed by atoms with E-state index in [-0.39, 0.29) is 23.8 Å². The van der Waals surface area contributed by atoms with Crippen LogP contribution in [-0.2, 0) is 25.3 Å². The minimum absolute atomic E-state index is 0.0444. The Morgan fingerprint density at radius 2 is 1.91 bits per heavy atom. The lowest BCUT2D eigenvalue weighted by molar-refractivity contribution is -0.149. The number of carbonyl (C=O) groups is 1. The third-order valence-corrected chi connectivity index (χ3v) is 6.43. The molecule has 0 saturated carbocycles. The maximum absolute atomic E-state index is 13.9. The second-order valence-corrected chi connectivity index (χ2v) is 9.97. The first kappa shape index (κ1) is 26.5. The van der Waals surface area contributed by atoms with Crippen molar-refractivity contribution in [2.24, 2.45) is 0 Å². The number of nitrogens with one attached hydrogen (secondary N) is 1. The highest BCUT2D eigenvalue weighted by atomic mass is 31.2. The quantitative estimate of drug-likeness (QED) is 0.275. The van der Waals surface area contributed by atoms with E-state index in [2.05, 4.69) is 20.2 Å². The van der Waals surface area contributed by atoms with Gasteiger partial charge in [-0.2, -0.15) is 9.61 Å². The summed E-state index contributed by atoms with van der Waals surface area (Å²) in [6, 6.07) is 7.05. The number of anilines is 1. The van der Waals surface area contributed by atoms with Gasteiger partial charge in [-0.3, -0.25) is 9.36 Å². The normalized spacial score (nSPS) is 15.2. The second kappa shape index (κ2) is 11.5. The van der Waals surface area contributed by atoms with Gasteiger partial charge in [0.05, 0.1) is 12.3 Å². The molecule has 3 atom stereocenters. The van der Waals surface area contributed by atoms with Gasteiger partial charge in [0.15, 0.2) is 5.65 Å². The molecule has 0 aliphatic heterocycles. The van der Waals surface area contributed by atoms with E-state index in [9.17, 15) is 18.1 Å². The molecule has 0 fully saturated rings. The summed E-state index contributed by atoms with van der Waals surface area (Å²) in [6.45, 7) is 4.76. The van der Waals surface area contributed by atoms with Gasteiger partial charge in [0.1, 0.15) is 30.6 Å². The standard InChI is InChI=1S/C21H27F2N6O5P/c1-13(2)33-20(30)14(3)28-35(31,34-16-7-5-4-6-8-16)12-32-17(18(22)23)9-15-10-27-29-19(15)25-11-26-21(29)24/h4-8,10-11,13-14,17-18H,9,12H2,1-3H3,(H,28,31)(H2,24,25,26)/t14-,17+,35?/m0/s1. The maximum Gasteiger partial charge on any atom is 0.342 e. The molecule has 11 nitrogen and oxygen atoms in total.